The molecule has 2 N–H and O–H groups in total. The summed E-state index contributed by atoms with van der Waals surface area (Å²) in [5.74, 6) is 2.66. The van der Waals surface area contributed by atoms with Gasteiger partial charge in [-0.3, -0.25) is 4.79 Å². The van der Waals surface area contributed by atoms with Crippen molar-refractivity contribution in [2.75, 3.05) is 24.9 Å². The average Bonchev–Trinajstić information content (AvgIpc) is 3.12. The minimum Gasteiger partial charge on any atom is -0.493 e. The van der Waals surface area contributed by atoms with Crippen LogP contribution in [0.2, 0.25) is 0 Å². The molecule has 0 atom stereocenters. The Morgan fingerprint density at radius 3 is 2.36 bits per heavy atom. The van der Waals surface area contributed by atoms with E-state index in [1.807, 2.05) is 55.5 Å². The van der Waals surface area contributed by atoms with Crippen molar-refractivity contribution < 1.29 is 18.8 Å². The van der Waals surface area contributed by atoms with E-state index in [1.165, 1.54) is 0 Å². The van der Waals surface area contributed by atoms with Crippen LogP contribution in [0.5, 0.6) is 11.5 Å². The van der Waals surface area contributed by atoms with Gasteiger partial charge in [0.25, 0.3) is 0 Å². The van der Waals surface area contributed by atoms with Crippen LogP contribution in [-0.4, -0.2) is 25.3 Å². The molecule has 0 radical (unpaired) electrons. The van der Waals surface area contributed by atoms with Crippen LogP contribution in [0, 0.1) is 6.92 Å². The highest BCUT2D eigenvalue weighted by molar-refractivity contribution is 5.91. The zero-order valence-electron chi connectivity index (χ0n) is 16.1. The first-order valence-electron chi connectivity index (χ1n) is 8.88. The van der Waals surface area contributed by atoms with Gasteiger partial charge in [-0.2, -0.15) is 0 Å². The van der Waals surface area contributed by atoms with Gasteiger partial charge in [-0.05, 0) is 55.3 Å². The number of ether oxygens (including phenoxy) is 2. The summed E-state index contributed by atoms with van der Waals surface area (Å²) in [6, 6.07) is 14.9. The summed E-state index contributed by atoms with van der Waals surface area (Å²) in [6.45, 7) is 1.83. The van der Waals surface area contributed by atoms with Crippen molar-refractivity contribution in [1.82, 2.24) is 5.16 Å². The lowest BCUT2D eigenvalue weighted by atomic mass is 10.1. The number of amides is 1. The summed E-state index contributed by atoms with van der Waals surface area (Å²) >= 11 is 0. The van der Waals surface area contributed by atoms with Crippen LogP contribution in [-0.2, 0) is 11.2 Å². The van der Waals surface area contributed by atoms with Crippen molar-refractivity contribution in [3.63, 3.8) is 0 Å². The van der Waals surface area contributed by atoms with Crippen molar-refractivity contribution in [3.05, 3.63) is 59.9 Å². The van der Waals surface area contributed by atoms with Gasteiger partial charge < -0.3 is 24.6 Å². The molecule has 0 bridgehead atoms. The van der Waals surface area contributed by atoms with E-state index in [-0.39, 0.29) is 5.91 Å². The van der Waals surface area contributed by atoms with Gasteiger partial charge in [0.2, 0.25) is 5.91 Å². The quantitative estimate of drug-likeness (QED) is 0.605. The van der Waals surface area contributed by atoms with Crippen molar-refractivity contribution in [3.8, 4) is 11.5 Å². The fraction of sp³-hybridized carbons (Fsp3) is 0.238. The SMILES string of the molecule is COc1ccc(CCC(=O)Nc2ccc(Nc3cc(C)on3)cc2)cc1OC. The number of hydrogen-bond acceptors (Lipinski definition) is 6. The molecule has 146 valence electrons. The summed E-state index contributed by atoms with van der Waals surface area (Å²) in [5, 5.41) is 9.92. The molecule has 1 heterocycles. The Kier molecular flexibility index (Phi) is 6.16. The number of carbonyl (C=O) groups excluding carboxylic acids is 1. The molecule has 1 amide bonds. The fourth-order valence-electron chi connectivity index (χ4n) is 2.73. The summed E-state index contributed by atoms with van der Waals surface area (Å²) in [6.07, 6.45) is 0.977. The van der Waals surface area contributed by atoms with Gasteiger partial charge in [0, 0.05) is 23.9 Å². The summed E-state index contributed by atoms with van der Waals surface area (Å²) in [5.41, 5.74) is 2.60. The number of anilines is 3. The van der Waals surface area contributed by atoms with Crippen LogP contribution >= 0.6 is 0 Å². The molecule has 2 aromatic carbocycles. The summed E-state index contributed by atoms with van der Waals surface area (Å²) in [4.78, 5) is 12.2. The first kappa shape index (κ1) is 19.3. The van der Waals surface area contributed by atoms with E-state index in [9.17, 15) is 4.79 Å². The molecule has 0 unspecified atom stereocenters. The number of aryl methyl sites for hydroxylation is 2. The van der Waals surface area contributed by atoms with Crippen molar-refractivity contribution in [2.24, 2.45) is 0 Å². The second-order valence-electron chi connectivity index (χ2n) is 6.26. The number of hydrogen-bond donors (Lipinski definition) is 2. The van der Waals surface area contributed by atoms with E-state index in [4.69, 9.17) is 14.0 Å². The van der Waals surface area contributed by atoms with Crippen LogP contribution < -0.4 is 20.1 Å². The zero-order valence-corrected chi connectivity index (χ0v) is 16.1. The maximum Gasteiger partial charge on any atom is 0.224 e. The van der Waals surface area contributed by atoms with E-state index < -0.39 is 0 Å². The molecule has 7 heteroatoms. The predicted octanol–water partition coefficient (Wildman–Crippen LogP) is 4.32. The van der Waals surface area contributed by atoms with Crippen molar-refractivity contribution in [2.45, 2.75) is 19.8 Å². The molecule has 0 saturated heterocycles. The molecule has 0 spiro atoms. The maximum atomic E-state index is 12.2. The predicted molar refractivity (Wildman–Crippen MR) is 107 cm³/mol. The van der Waals surface area contributed by atoms with Gasteiger partial charge in [-0.25, -0.2) is 0 Å². The first-order chi connectivity index (χ1) is 13.6. The number of rotatable bonds is 8. The molecule has 3 aromatic rings. The lowest BCUT2D eigenvalue weighted by Crippen LogP contribution is -2.12. The lowest BCUT2D eigenvalue weighted by Gasteiger charge is -2.10. The smallest absolute Gasteiger partial charge is 0.224 e. The van der Waals surface area contributed by atoms with Crippen molar-refractivity contribution >= 4 is 23.1 Å². The van der Waals surface area contributed by atoms with E-state index >= 15 is 0 Å². The number of methoxy groups -OCH3 is 2. The second kappa shape index (κ2) is 8.94. The van der Waals surface area contributed by atoms with Gasteiger partial charge in [0.1, 0.15) is 5.76 Å². The maximum absolute atomic E-state index is 12.2. The van der Waals surface area contributed by atoms with Crippen LogP contribution in [0.25, 0.3) is 0 Å². The largest absolute Gasteiger partial charge is 0.493 e. The highest BCUT2D eigenvalue weighted by Crippen LogP contribution is 2.28. The van der Waals surface area contributed by atoms with Gasteiger partial charge in [-0.1, -0.05) is 11.2 Å². The molecule has 3 rings (SSSR count). The zero-order chi connectivity index (χ0) is 19.9. The van der Waals surface area contributed by atoms with Crippen LogP contribution in [0.15, 0.2) is 53.1 Å². The molecule has 0 aliphatic rings. The van der Waals surface area contributed by atoms with E-state index in [2.05, 4.69) is 15.8 Å². The van der Waals surface area contributed by atoms with Crippen molar-refractivity contribution in [1.29, 1.82) is 0 Å². The minimum atomic E-state index is -0.0531. The number of benzene rings is 2. The molecule has 0 aliphatic heterocycles. The first-order valence-corrected chi connectivity index (χ1v) is 8.88. The summed E-state index contributed by atoms with van der Waals surface area (Å²) in [7, 11) is 3.19. The Morgan fingerprint density at radius 1 is 1.00 bits per heavy atom. The van der Waals surface area contributed by atoms with Crippen LogP contribution in [0.3, 0.4) is 0 Å². The third-order valence-corrected chi connectivity index (χ3v) is 4.16. The average molecular weight is 381 g/mol. The van der Waals surface area contributed by atoms with E-state index in [1.54, 1.807) is 14.2 Å². The highest BCUT2D eigenvalue weighted by Gasteiger charge is 2.08. The Morgan fingerprint density at radius 2 is 1.71 bits per heavy atom. The number of carbonyl (C=O) groups is 1. The topological polar surface area (TPSA) is 85.6 Å². The van der Waals surface area contributed by atoms with Gasteiger partial charge in [-0.15, -0.1) is 0 Å². The molecule has 28 heavy (non-hydrogen) atoms. The monoisotopic (exact) mass is 381 g/mol. The Labute approximate surface area is 163 Å². The molecule has 7 nitrogen and oxygen atoms in total. The minimum absolute atomic E-state index is 0.0531. The molecule has 0 fully saturated rings. The lowest BCUT2D eigenvalue weighted by molar-refractivity contribution is -0.116. The van der Waals surface area contributed by atoms with Crippen LogP contribution in [0.4, 0.5) is 17.2 Å². The summed E-state index contributed by atoms with van der Waals surface area (Å²) < 4.78 is 15.5. The van der Waals surface area contributed by atoms with Gasteiger partial charge in [0.05, 0.1) is 14.2 Å². The normalized spacial score (nSPS) is 10.4. The number of nitrogens with zero attached hydrogens (tertiary/aromatic N) is 1. The Hall–Kier alpha value is -3.48. The molecular formula is C21H23N3O4. The van der Waals surface area contributed by atoms with Gasteiger partial charge in [0.15, 0.2) is 17.3 Å². The molecular weight excluding hydrogens is 358 g/mol. The third kappa shape index (κ3) is 5.03. The van der Waals surface area contributed by atoms with E-state index in [0.717, 1.165) is 22.7 Å². The molecule has 1 aromatic heterocycles. The molecule has 0 aliphatic carbocycles. The molecule has 0 saturated carbocycles. The Bertz CT molecular complexity index is 935. The van der Waals surface area contributed by atoms with Crippen LogP contribution in [0.1, 0.15) is 17.7 Å². The van der Waals surface area contributed by atoms with E-state index in [0.29, 0.717) is 30.2 Å². The standard InChI is InChI=1S/C21H23N3O4/c1-14-12-20(24-28-14)22-16-6-8-17(9-7-16)23-21(25)11-5-15-4-10-18(26-2)19(13-15)27-3/h4,6-10,12-13H,5,11H2,1-3H3,(H,22,24)(H,23,25). The third-order valence-electron chi connectivity index (χ3n) is 4.16. The van der Waals surface area contributed by atoms with Gasteiger partial charge >= 0.3 is 0 Å². The highest BCUT2D eigenvalue weighted by atomic mass is 16.5. The fourth-order valence-corrected chi connectivity index (χ4v) is 2.73. The Balaban J connectivity index is 1.52. The number of nitrogens with one attached hydrogen (secondary N) is 2. The number of aromatic nitrogens is 1. The second-order valence-corrected chi connectivity index (χ2v) is 6.26.